The molecule has 0 heterocycles. The van der Waals surface area contributed by atoms with Gasteiger partial charge in [-0.05, 0) is 0 Å². The van der Waals surface area contributed by atoms with Crippen molar-refractivity contribution >= 4 is 25.5 Å². The third-order valence-corrected chi connectivity index (χ3v) is 1.17. The van der Waals surface area contributed by atoms with Crippen molar-refractivity contribution in [3.8, 4) is 0 Å². The molecule has 7 heavy (non-hydrogen) atoms. The second-order valence-corrected chi connectivity index (χ2v) is 1.56. The van der Waals surface area contributed by atoms with E-state index in [9.17, 15) is 0 Å². The van der Waals surface area contributed by atoms with E-state index in [2.05, 4.69) is 6.47 Å². The van der Waals surface area contributed by atoms with E-state index in [1.165, 1.54) is 11.9 Å². The average molecular weight is 117 g/mol. The van der Waals surface area contributed by atoms with Crippen LogP contribution in [0.25, 0.3) is 0 Å². The Morgan fingerprint density at radius 1 is 1.86 bits per heavy atom. The van der Waals surface area contributed by atoms with Gasteiger partial charge in [-0.25, -0.2) is 0 Å². The minimum atomic E-state index is 1.46. The third-order valence-electron chi connectivity index (χ3n) is 0.509. The number of hydrogen-bond donors (Lipinski definition) is 0. The molecule has 0 saturated heterocycles. The standard InChI is InChI=1S/C3H8BNOS/c1-4-5(6-2)7-3/h1H2,2-3H3. The minimum absolute atomic E-state index is 1.46. The van der Waals surface area contributed by atoms with Crippen LogP contribution < -0.4 is 0 Å². The molecule has 0 fully saturated rings. The van der Waals surface area contributed by atoms with Gasteiger partial charge in [-0.15, -0.1) is 0 Å². The first-order valence-electron chi connectivity index (χ1n) is 1.85. The molecule has 0 bridgehead atoms. The third kappa shape index (κ3) is 2.71. The average Bonchev–Trinajstić information content (AvgIpc) is 1.72. The van der Waals surface area contributed by atoms with E-state index in [0.717, 1.165) is 0 Å². The Hall–Kier alpha value is 0.0449. The molecule has 2 nitrogen and oxygen atoms in total. The molecule has 0 aliphatic rings. The number of nitrogens with zero attached hydrogens (tertiary/aromatic N) is 1. The van der Waals surface area contributed by atoms with E-state index in [0.29, 0.717) is 0 Å². The molecule has 0 unspecified atom stereocenters. The van der Waals surface area contributed by atoms with Crippen LogP contribution in [-0.2, 0) is 4.84 Å². The summed E-state index contributed by atoms with van der Waals surface area (Å²) in [6.07, 6.45) is 1.91. The van der Waals surface area contributed by atoms with Crippen LogP contribution in [0.5, 0.6) is 0 Å². The zero-order chi connectivity index (χ0) is 5.70. The molecule has 4 heteroatoms. The molecule has 0 aliphatic heterocycles. The zero-order valence-corrected chi connectivity index (χ0v) is 5.36. The van der Waals surface area contributed by atoms with Crippen molar-refractivity contribution in [2.75, 3.05) is 13.4 Å². The van der Waals surface area contributed by atoms with Gasteiger partial charge in [0.25, 0.3) is 0 Å². The Morgan fingerprint density at radius 2 is 2.43 bits per heavy atom. The molecule has 0 aliphatic carbocycles. The summed E-state index contributed by atoms with van der Waals surface area (Å²) in [5.41, 5.74) is 0. The second-order valence-electron chi connectivity index (χ2n) is 0.833. The molecule has 0 spiro atoms. The Morgan fingerprint density at radius 3 is 2.43 bits per heavy atom. The number of hydrogen-bond acceptors (Lipinski definition) is 3. The Kier molecular flexibility index (Phi) is 4.24. The summed E-state index contributed by atoms with van der Waals surface area (Å²) in [5.74, 6) is 0. The van der Waals surface area contributed by atoms with E-state index in [1.807, 2.05) is 6.26 Å². The fourth-order valence-corrected chi connectivity index (χ4v) is 0.522. The van der Waals surface area contributed by atoms with Gasteiger partial charge in [0.05, 0.1) is 0 Å². The van der Waals surface area contributed by atoms with Gasteiger partial charge < -0.3 is 0 Å². The quantitative estimate of drug-likeness (QED) is 0.297. The van der Waals surface area contributed by atoms with Gasteiger partial charge in [0.15, 0.2) is 0 Å². The van der Waals surface area contributed by atoms with E-state index in [-0.39, 0.29) is 0 Å². The Labute approximate surface area is 48.9 Å². The van der Waals surface area contributed by atoms with Crippen molar-refractivity contribution in [3.63, 3.8) is 0 Å². The van der Waals surface area contributed by atoms with Crippen LogP contribution in [0, 0.1) is 0 Å². The topological polar surface area (TPSA) is 12.5 Å². The van der Waals surface area contributed by atoms with Crippen LogP contribution in [0.15, 0.2) is 0 Å². The van der Waals surface area contributed by atoms with Gasteiger partial charge in [-0.2, -0.15) is 0 Å². The van der Waals surface area contributed by atoms with Gasteiger partial charge >= 0.3 is 48.1 Å². The van der Waals surface area contributed by atoms with Crippen LogP contribution in [0.1, 0.15) is 0 Å². The van der Waals surface area contributed by atoms with E-state index in [1.54, 1.807) is 18.5 Å². The van der Waals surface area contributed by atoms with Gasteiger partial charge in [-0.3, -0.25) is 0 Å². The fraction of sp³-hybridized carbons (Fsp3) is 0.667. The summed E-state index contributed by atoms with van der Waals surface area (Å²) in [6.45, 7) is 3.48. The molecule has 0 aromatic rings. The molecule has 0 rings (SSSR count). The molecule has 0 N–H and O–H groups in total. The molecule has 0 atom stereocenters. The summed E-state index contributed by atoms with van der Waals surface area (Å²) in [6, 6.07) is 0. The molecule has 0 saturated carbocycles. The molecule has 0 amide bonds. The SMILES string of the molecule is C=BN(OC)SC. The van der Waals surface area contributed by atoms with Crippen molar-refractivity contribution in [1.82, 2.24) is 4.38 Å². The van der Waals surface area contributed by atoms with E-state index in [4.69, 9.17) is 4.84 Å². The predicted molar refractivity (Wildman–Crippen MR) is 35.2 cm³/mol. The zero-order valence-electron chi connectivity index (χ0n) is 4.55. The van der Waals surface area contributed by atoms with Crippen molar-refractivity contribution in [3.05, 3.63) is 0 Å². The summed E-state index contributed by atoms with van der Waals surface area (Å²) in [4.78, 5) is 4.73. The van der Waals surface area contributed by atoms with Gasteiger partial charge in [0.1, 0.15) is 0 Å². The summed E-state index contributed by atoms with van der Waals surface area (Å²) in [7, 11) is 3.20. The molecule has 40 valence electrons. The summed E-state index contributed by atoms with van der Waals surface area (Å²) in [5, 5.41) is 0. The van der Waals surface area contributed by atoms with Crippen LogP contribution >= 0.6 is 11.9 Å². The predicted octanol–water partition coefficient (Wildman–Crippen LogP) is 0.179. The van der Waals surface area contributed by atoms with Crippen LogP contribution in [-0.4, -0.2) is 31.3 Å². The molecule has 0 aromatic carbocycles. The van der Waals surface area contributed by atoms with Crippen LogP contribution in [0.3, 0.4) is 0 Å². The second kappa shape index (κ2) is 4.21. The number of rotatable bonds is 3. The van der Waals surface area contributed by atoms with Crippen LogP contribution in [0.2, 0.25) is 0 Å². The Bertz CT molecular complexity index is 56.9. The van der Waals surface area contributed by atoms with E-state index < -0.39 is 0 Å². The molecular formula is C3H8BNOS. The molecular weight excluding hydrogens is 109 g/mol. The van der Waals surface area contributed by atoms with Gasteiger partial charge in [0, 0.05) is 0 Å². The maximum absolute atomic E-state index is 4.73. The van der Waals surface area contributed by atoms with Crippen molar-refractivity contribution in [2.24, 2.45) is 0 Å². The monoisotopic (exact) mass is 117 g/mol. The van der Waals surface area contributed by atoms with Crippen molar-refractivity contribution in [1.29, 1.82) is 0 Å². The normalized spacial score (nSPS) is 7.71. The maximum atomic E-state index is 4.73. The summed E-state index contributed by atoms with van der Waals surface area (Å²) < 4.78 is 1.56. The first-order valence-corrected chi connectivity index (χ1v) is 3.03. The summed E-state index contributed by atoms with van der Waals surface area (Å²) >= 11 is 1.46. The van der Waals surface area contributed by atoms with Gasteiger partial charge in [0.2, 0.25) is 0 Å². The Balaban J connectivity index is 3.16. The molecule has 0 radical (unpaired) electrons. The first-order chi connectivity index (χ1) is 3.35. The molecule has 0 aromatic heterocycles. The van der Waals surface area contributed by atoms with Crippen molar-refractivity contribution in [2.45, 2.75) is 0 Å². The van der Waals surface area contributed by atoms with Crippen LogP contribution in [0.4, 0.5) is 0 Å². The van der Waals surface area contributed by atoms with Crippen molar-refractivity contribution < 1.29 is 4.84 Å². The fourth-order valence-electron chi connectivity index (χ4n) is 0.224. The van der Waals surface area contributed by atoms with E-state index >= 15 is 0 Å². The first kappa shape index (κ1) is 7.04. The van der Waals surface area contributed by atoms with Gasteiger partial charge in [-0.1, -0.05) is 0 Å².